The summed E-state index contributed by atoms with van der Waals surface area (Å²) in [5, 5.41) is 10.8. The van der Waals surface area contributed by atoms with Gasteiger partial charge in [0.2, 0.25) is 0 Å². The Balaban J connectivity index is 2.69. The van der Waals surface area contributed by atoms with Crippen molar-refractivity contribution < 1.29 is 27.8 Å². The maximum absolute atomic E-state index is 12.1. The van der Waals surface area contributed by atoms with Crippen molar-refractivity contribution in [2.24, 2.45) is 0 Å². The second-order valence-corrected chi connectivity index (χ2v) is 3.70. The lowest BCUT2D eigenvalue weighted by Crippen LogP contribution is -2.40. The average molecular weight is 277 g/mol. The molecule has 1 amide bonds. The minimum absolute atomic E-state index is 0.124. The molecule has 0 saturated heterocycles. The molecule has 1 aromatic carbocycles. The quantitative estimate of drug-likeness (QED) is 0.862. The molecule has 0 saturated carbocycles. The monoisotopic (exact) mass is 277 g/mol. The Morgan fingerprint density at radius 2 is 2.05 bits per heavy atom. The fraction of sp³-hybridized carbons (Fsp3) is 0.417. The van der Waals surface area contributed by atoms with Crippen LogP contribution >= 0.6 is 0 Å². The normalized spacial score (nSPS) is 12.9. The number of hydrogen-bond donors (Lipinski definition) is 2. The fourth-order valence-electron chi connectivity index (χ4n) is 1.34. The Morgan fingerprint density at radius 1 is 1.42 bits per heavy atom. The molecule has 0 aliphatic carbocycles. The summed E-state index contributed by atoms with van der Waals surface area (Å²) in [6.07, 6.45) is -7.34. The van der Waals surface area contributed by atoms with Crippen molar-refractivity contribution in [3.05, 3.63) is 29.8 Å². The molecule has 0 aromatic heterocycles. The zero-order valence-corrected chi connectivity index (χ0v) is 10.2. The van der Waals surface area contributed by atoms with Crippen LogP contribution < -0.4 is 10.1 Å². The highest BCUT2D eigenvalue weighted by Crippen LogP contribution is 2.20. The number of para-hydroxylation sites is 1. The molecular weight excluding hydrogens is 263 g/mol. The lowest BCUT2D eigenvalue weighted by molar-refractivity contribution is -0.201. The number of carbonyl (C=O) groups is 1. The van der Waals surface area contributed by atoms with Gasteiger partial charge < -0.3 is 15.2 Å². The van der Waals surface area contributed by atoms with Gasteiger partial charge in [-0.1, -0.05) is 12.1 Å². The summed E-state index contributed by atoms with van der Waals surface area (Å²) in [7, 11) is 0. The van der Waals surface area contributed by atoms with E-state index in [4.69, 9.17) is 9.84 Å². The van der Waals surface area contributed by atoms with Gasteiger partial charge in [-0.25, -0.2) is 0 Å². The van der Waals surface area contributed by atoms with Crippen LogP contribution in [0.5, 0.6) is 5.75 Å². The van der Waals surface area contributed by atoms with Crippen LogP contribution in [0.3, 0.4) is 0 Å². The first-order valence-electron chi connectivity index (χ1n) is 5.61. The second kappa shape index (κ2) is 6.42. The van der Waals surface area contributed by atoms with Gasteiger partial charge in [-0.15, -0.1) is 0 Å². The summed E-state index contributed by atoms with van der Waals surface area (Å²) in [5.41, 5.74) is 0.124. The summed E-state index contributed by atoms with van der Waals surface area (Å²) >= 11 is 0. The molecular formula is C12H14F3NO3. The Hall–Kier alpha value is -1.76. The molecule has 1 atom stereocenters. The highest BCUT2D eigenvalue weighted by molar-refractivity contribution is 5.96. The number of aliphatic hydroxyl groups is 1. The minimum Gasteiger partial charge on any atom is -0.493 e. The van der Waals surface area contributed by atoms with Crippen LogP contribution in [0, 0.1) is 0 Å². The van der Waals surface area contributed by atoms with E-state index in [0.717, 1.165) is 0 Å². The molecule has 19 heavy (non-hydrogen) atoms. The molecule has 7 heteroatoms. The Labute approximate surface area is 108 Å². The number of halogens is 3. The van der Waals surface area contributed by atoms with Gasteiger partial charge in [-0.05, 0) is 19.1 Å². The van der Waals surface area contributed by atoms with E-state index in [1.165, 1.54) is 6.07 Å². The summed E-state index contributed by atoms with van der Waals surface area (Å²) in [4.78, 5) is 11.7. The summed E-state index contributed by atoms with van der Waals surface area (Å²) in [6.45, 7) is 1.15. The van der Waals surface area contributed by atoms with Crippen LogP contribution in [0.15, 0.2) is 24.3 Å². The van der Waals surface area contributed by atoms with Crippen molar-refractivity contribution in [2.45, 2.75) is 19.2 Å². The lowest BCUT2D eigenvalue weighted by Gasteiger charge is -2.15. The number of hydrogen-bond acceptors (Lipinski definition) is 3. The van der Waals surface area contributed by atoms with Gasteiger partial charge in [-0.2, -0.15) is 13.2 Å². The number of aliphatic hydroxyl groups excluding tert-OH is 1. The van der Waals surface area contributed by atoms with E-state index in [9.17, 15) is 18.0 Å². The molecule has 0 bridgehead atoms. The minimum atomic E-state index is -4.76. The van der Waals surface area contributed by atoms with Gasteiger partial charge in [0.25, 0.3) is 5.91 Å². The van der Waals surface area contributed by atoms with Crippen molar-refractivity contribution >= 4 is 5.91 Å². The van der Waals surface area contributed by atoms with Gasteiger partial charge in [0, 0.05) is 0 Å². The van der Waals surface area contributed by atoms with Gasteiger partial charge in [-0.3, -0.25) is 4.79 Å². The highest BCUT2D eigenvalue weighted by Gasteiger charge is 2.38. The summed E-state index contributed by atoms with van der Waals surface area (Å²) < 4.78 is 41.4. The topological polar surface area (TPSA) is 58.6 Å². The first kappa shape index (κ1) is 15.3. The van der Waals surface area contributed by atoms with Gasteiger partial charge in [0.15, 0.2) is 6.10 Å². The summed E-state index contributed by atoms with van der Waals surface area (Å²) in [5.74, 6) is -0.448. The van der Waals surface area contributed by atoms with E-state index in [1.807, 2.05) is 5.32 Å². The number of nitrogens with one attached hydrogen (secondary N) is 1. The fourth-order valence-corrected chi connectivity index (χ4v) is 1.34. The SMILES string of the molecule is CCOc1ccccc1C(=O)NCC(O)C(F)(F)F. The predicted molar refractivity (Wildman–Crippen MR) is 62.0 cm³/mol. The van der Waals surface area contributed by atoms with Crippen LogP contribution in [-0.4, -0.2) is 36.4 Å². The number of amides is 1. The highest BCUT2D eigenvalue weighted by atomic mass is 19.4. The molecule has 2 N–H and O–H groups in total. The largest absolute Gasteiger partial charge is 0.493 e. The first-order valence-corrected chi connectivity index (χ1v) is 5.61. The van der Waals surface area contributed by atoms with E-state index < -0.39 is 24.7 Å². The molecule has 1 rings (SSSR count). The Morgan fingerprint density at radius 3 is 2.63 bits per heavy atom. The van der Waals surface area contributed by atoms with E-state index in [1.54, 1.807) is 25.1 Å². The number of alkyl halides is 3. The van der Waals surface area contributed by atoms with Crippen LogP contribution in [0.25, 0.3) is 0 Å². The smallest absolute Gasteiger partial charge is 0.416 e. The van der Waals surface area contributed by atoms with E-state index >= 15 is 0 Å². The molecule has 0 heterocycles. The number of carbonyl (C=O) groups excluding carboxylic acids is 1. The predicted octanol–water partition coefficient (Wildman–Crippen LogP) is 1.74. The molecule has 0 radical (unpaired) electrons. The van der Waals surface area contributed by atoms with Crippen LogP contribution in [-0.2, 0) is 0 Å². The van der Waals surface area contributed by atoms with Crippen LogP contribution in [0.1, 0.15) is 17.3 Å². The zero-order chi connectivity index (χ0) is 14.5. The maximum atomic E-state index is 12.1. The van der Waals surface area contributed by atoms with Crippen LogP contribution in [0.4, 0.5) is 13.2 Å². The van der Waals surface area contributed by atoms with Crippen LogP contribution in [0.2, 0.25) is 0 Å². The molecule has 0 aliphatic rings. The summed E-state index contributed by atoms with van der Waals surface area (Å²) in [6, 6.07) is 6.18. The molecule has 0 fully saturated rings. The molecule has 1 aromatic rings. The van der Waals surface area contributed by atoms with E-state index in [2.05, 4.69) is 0 Å². The molecule has 0 spiro atoms. The van der Waals surface area contributed by atoms with Crippen molar-refractivity contribution in [3.8, 4) is 5.75 Å². The first-order chi connectivity index (χ1) is 8.86. The molecule has 1 unspecified atom stereocenters. The van der Waals surface area contributed by atoms with Gasteiger partial charge in [0.1, 0.15) is 5.75 Å². The maximum Gasteiger partial charge on any atom is 0.416 e. The number of ether oxygens (including phenoxy) is 1. The number of benzene rings is 1. The van der Waals surface area contributed by atoms with E-state index in [0.29, 0.717) is 6.61 Å². The third-order valence-electron chi connectivity index (χ3n) is 2.27. The standard InChI is InChI=1S/C12H14F3NO3/c1-2-19-9-6-4-3-5-8(9)11(18)16-7-10(17)12(13,14)15/h3-6,10,17H,2,7H2,1H3,(H,16,18). The Kier molecular flexibility index (Phi) is 5.17. The number of rotatable bonds is 5. The Bertz CT molecular complexity index is 434. The lowest BCUT2D eigenvalue weighted by atomic mass is 10.2. The second-order valence-electron chi connectivity index (χ2n) is 3.70. The third-order valence-corrected chi connectivity index (χ3v) is 2.27. The zero-order valence-electron chi connectivity index (χ0n) is 10.2. The third kappa shape index (κ3) is 4.44. The van der Waals surface area contributed by atoms with Gasteiger partial charge in [0.05, 0.1) is 18.7 Å². The van der Waals surface area contributed by atoms with Crippen molar-refractivity contribution in [1.29, 1.82) is 0 Å². The molecule has 0 aliphatic heterocycles. The average Bonchev–Trinajstić information content (AvgIpc) is 2.35. The van der Waals surface area contributed by atoms with Crippen molar-refractivity contribution in [2.75, 3.05) is 13.2 Å². The van der Waals surface area contributed by atoms with Gasteiger partial charge >= 0.3 is 6.18 Å². The molecule has 106 valence electrons. The van der Waals surface area contributed by atoms with Crippen molar-refractivity contribution in [3.63, 3.8) is 0 Å². The van der Waals surface area contributed by atoms with E-state index in [-0.39, 0.29) is 11.3 Å². The van der Waals surface area contributed by atoms with Crippen molar-refractivity contribution in [1.82, 2.24) is 5.32 Å². The molecule has 4 nitrogen and oxygen atoms in total.